The van der Waals surface area contributed by atoms with Crippen molar-refractivity contribution in [1.29, 1.82) is 0 Å². The molecule has 0 radical (unpaired) electrons. The van der Waals surface area contributed by atoms with Crippen molar-refractivity contribution < 1.29 is 5.11 Å². The summed E-state index contributed by atoms with van der Waals surface area (Å²) in [5.41, 5.74) is 2.45. The molecule has 3 aromatic heterocycles. The van der Waals surface area contributed by atoms with Crippen LogP contribution in [0.25, 0.3) is 17.0 Å². The molecule has 0 amide bonds. The zero-order valence-corrected chi connectivity index (χ0v) is 9.06. The highest BCUT2D eigenvalue weighted by Crippen LogP contribution is 2.16. The lowest BCUT2D eigenvalue weighted by Crippen LogP contribution is -1.99. The molecular weight excluding hydrogens is 218 g/mol. The number of nitrogens with zero attached hydrogens (tertiary/aromatic N) is 5. The van der Waals surface area contributed by atoms with Gasteiger partial charge in [-0.25, -0.2) is 4.52 Å². The van der Waals surface area contributed by atoms with Crippen LogP contribution < -0.4 is 0 Å². The summed E-state index contributed by atoms with van der Waals surface area (Å²) in [5.74, 6) is 0. The van der Waals surface area contributed by atoms with Gasteiger partial charge in [-0.2, -0.15) is 5.10 Å². The third kappa shape index (κ3) is 1.68. The lowest BCUT2D eigenvalue weighted by Gasteiger charge is -1.97. The number of aliphatic hydroxyl groups excluding tert-OH is 1. The molecule has 0 aliphatic rings. The topological polar surface area (TPSA) is 68.2 Å². The van der Waals surface area contributed by atoms with Gasteiger partial charge >= 0.3 is 0 Å². The van der Waals surface area contributed by atoms with Crippen LogP contribution in [0, 0.1) is 0 Å². The van der Waals surface area contributed by atoms with Gasteiger partial charge in [-0.1, -0.05) is 0 Å². The quantitative estimate of drug-likeness (QED) is 0.713. The molecular formula is C11H11N5O. The maximum atomic E-state index is 8.95. The first-order chi connectivity index (χ1) is 8.38. The molecule has 0 saturated carbocycles. The van der Waals surface area contributed by atoms with Crippen molar-refractivity contribution in [3.8, 4) is 11.4 Å². The zero-order chi connectivity index (χ0) is 11.7. The fourth-order valence-electron chi connectivity index (χ4n) is 1.78. The van der Waals surface area contributed by atoms with Crippen LogP contribution in [-0.2, 0) is 6.54 Å². The standard InChI is InChI=1S/C11H11N5O/c17-6-5-15-3-4-16-11(15)7-9(14-16)10-8-12-1-2-13-10/h1-4,7-8,17H,5-6H2. The summed E-state index contributed by atoms with van der Waals surface area (Å²) in [6.45, 7) is 0.665. The van der Waals surface area contributed by atoms with Crippen LogP contribution in [-0.4, -0.2) is 35.9 Å². The Morgan fingerprint density at radius 3 is 2.88 bits per heavy atom. The first-order valence-corrected chi connectivity index (χ1v) is 5.30. The maximum absolute atomic E-state index is 8.95. The predicted molar refractivity (Wildman–Crippen MR) is 61.3 cm³/mol. The molecule has 6 nitrogen and oxygen atoms in total. The minimum Gasteiger partial charge on any atom is -0.395 e. The number of hydrogen-bond acceptors (Lipinski definition) is 4. The van der Waals surface area contributed by atoms with Crippen molar-refractivity contribution in [1.82, 2.24) is 24.1 Å². The van der Waals surface area contributed by atoms with Gasteiger partial charge in [0, 0.05) is 37.4 Å². The highest BCUT2D eigenvalue weighted by Gasteiger charge is 2.08. The summed E-state index contributed by atoms with van der Waals surface area (Å²) < 4.78 is 3.70. The van der Waals surface area contributed by atoms with Crippen molar-refractivity contribution in [2.75, 3.05) is 6.61 Å². The van der Waals surface area contributed by atoms with E-state index in [1.807, 2.05) is 23.0 Å². The summed E-state index contributed by atoms with van der Waals surface area (Å²) in [6.07, 6.45) is 8.69. The summed E-state index contributed by atoms with van der Waals surface area (Å²) in [6, 6.07) is 1.93. The van der Waals surface area contributed by atoms with E-state index in [1.54, 1.807) is 23.1 Å². The molecule has 3 rings (SSSR count). The van der Waals surface area contributed by atoms with Crippen LogP contribution in [0.5, 0.6) is 0 Å². The average molecular weight is 229 g/mol. The van der Waals surface area contributed by atoms with E-state index in [0.29, 0.717) is 6.54 Å². The van der Waals surface area contributed by atoms with Crippen molar-refractivity contribution >= 4 is 5.65 Å². The van der Waals surface area contributed by atoms with Gasteiger partial charge in [-0.05, 0) is 0 Å². The summed E-state index contributed by atoms with van der Waals surface area (Å²) in [7, 11) is 0. The normalized spacial score (nSPS) is 11.1. The molecule has 86 valence electrons. The molecule has 0 aliphatic carbocycles. The number of imidazole rings is 1. The Bertz CT molecular complexity index is 628. The van der Waals surface area contributed by atoms with Gasteiger partial charge < -0.3 is 9.67 Å². The first kappa shape index (κ1) is 9.98. The zero-order valence-electron chi connectivity index (χ0n) is 9.06. The Kier molecular flexibility index (Phi) is 2.34. The third-order valence-corrected chi connectivity index (χ3v) is 2.56. The fourth-order valence-corrected chi connectivity index (χ4v) is 1.78. The van der Waals surface area contributed by atoms with Crippen molar-refractivity contribution in [2.24, 2.45) is 0 Å². The number of fused-ring (bicyclic) bond motifs is 1. The smallest absolute Gasteiger partial charge is 0.136 e. The van der Waals surface area contributed by atoms with Crippen molar-refractivity contribution in [2.45, 2.75) is 6.54 Å². The van der Waals surface area contributed by atoms with E-state index in [0.717, 1.165) is 17.0 Å². The molecule has 3 aromatic rings. The maximum Gasteiger partial charge on any atom is 0.136 e. The van der Waals surface area contributed by atoms with E-state index < -0.39 is 0 Å². The van der Waals surface area contributed by atoms with Crippen LogP contribution in [0.15, 0.2) is 37.1 Å². The minimum atomic E-state index is 0.107. The molecule has 0 aliphatic heterocycles. The molecule has 0 spiro atoms. The summed E-state index contributed by atoms with van der Waals surface area (Å²) in [5, 5.41) is 13.3. The third-order valence-electron chi connectivity index (χ3n) is 2.56. The molecule has 0 saturated heterocycles. The lowest BCUT2D eigenvalue weighted by molar-refractivity contribution is 0.278. The number of hydrogen-bond donors (Lipinski definition) is 1. The van der Waals surface area contributed by atoms with Gasteiger partial charge in [-0.3, -0.25) is 9.97 Å². The van der Waals surface area contributed by atoms with Crippen LogP contribution in [0.4, 0.5) is 0 Å². The van der Waals surface area contributed by atoms with Crippen molar-refractivity contribution in [3.05, 3.63) is 37.1 Å². The molecule has 0 bridgehead atoms. The number of aromatic nitrogens is 5. The lowest BCUT2D eigenvalue weighted by atomic mass is 10.3. The highest BCUT2D eigenvalue weighted by atomic mass is 16.3. The van der Waals surface area contributed by atoms with Gasteiger partial charge in [0.1, 0.15) is 17.0 Å². The van der Waals surface area contributed by atoms with Gasteiger partial charge in [0.25, 0.3) is 0 Å². The molecule has 3 heterocycles. The second kappa shape index (κ2) is 3.99. The van der Waals surface area contributed by atoms with E-state index in [9.17, 15) is 0 Å². The molecule has 0 aromatic carbocycles. The average Bonchev–Trinajstić information content (AvgIpc) is 2.93. The minimum absolute atomic E-state index is 0.107. The largest absolute Gasteiger partial charge is 0.395 e. The predicted octanol–water partition coefficient (Wildman–Crippen LogP) is 0.585. The molecule has 6 heteroatoms. The molecule has 0 atom stereocenters. The number of aliphatic hydroxyl groups is 1. The van der Waals surface area contributed by atoms with E-state index in [-0.39, 0.29) is 6.61 Å². The Morgan fingerprint density at radius 2 is 2.12 bits per heavy atom. The van der Waals surface area contributed by atoms with Crippen molar-refractivity contribution in [3.63, 3.8) is 0 Å². The van der Waals surface area contributed by atoms with Gasteiger partial charge in [0.05, 0.1) is 12.8 Å². The van der Waals surface area contributed by atoms with E-state index >= 15 is 0 Å². The van der Waals surface area contributed by atoms with Gasteiger partial charge in [0.15, 0.2) is 0 Å². The van der Waals surface area contributed by atoms with E-state index in [1.165, 1.54) is 0 Å². The molecule has 0 unspecified atom stereocenters. The fraction of sp³-hybridized carbons (Fsp3) is 0.182. The van der Waals surface area contributed by atoms with Gasteiger partial charge in [0.2, 0.25) is 0 Å². The van der Waals surface area contributed by atoms with Crippen LogP contribution in [0.3, 0.4) is 0 Å². The summed E-state index contributed by atoms with van der Waals surface area (Å²) >= 11 is 0. The van der Waals surface area contributed by atoms with Crippen LogP contribution >= 0.6 is 0 Å². The molecule has 17 heavy (non-hydrogen) atoms. The molecule has 0 fully saturated rings. The van der Waals surface area contributed by atoms with Crippen LogP contribution in [0.1, 0.15) is 0 Å². The monoisotopic (exact) mass is 229 g/mol. The second-order valence-corrected chi connectivity index (χ2v) is 3.64. The Hall–Kier alpha value is -2.21. The summed E-state index contributed by atoms with van der Waals surface area (Å²) in [4.78, 5) is 8.22. The second-order valence-electron chi connectivity index (χ2n) is 3.64. The Balaban J connectivity index is 2.08. The van der Waals surface area contributed by atoms with Gasteiger partial charge in [-0.15, -0.1) is 0 Å². The highest BCUT2D eigenvalue weighted by molar-refractivity contribution is 5.60. The first-order valence-electron chi connectivity index (χ1n) is 5.30. The Labute approximate surface area is 97.2 Å². The number of rotatable bonds is 3. The Morgan fingerprint density at radius 1 is 1.18 bits per heavy atom. The molecule has 1 N–H and O–H groups in total. The van der Waals surface area contributed by atoms with E-state index in [2.05, 4.69) is 15.1 Å². The van der Waals surface area contributed by atoms with Crippen LogP contribution in [0.2, 0.25) is 0 Å². The van der Waals surface area contributed by atoms with E-state index in [4.69, 9.17) is 5.11 Å². The SMILES string of the molecule is OCCn1ccn2nc(-c3cnccn3)cc12.